The van der Waals surface area contributed by atoms with E-state index in [2.05, 4.69) is 20.8 Å². The predicted molar refractivity (Wildman–Crippen MR) is 54.5 cm³/mol. The van der Waals surface area contributed by atoms with Gasteiger partial charge in [0.05, 0.1) is 6.10 Å². The van der Waals surface area contributed by atoms with Crippen molar-refractivity contribution in [2.24, 2.45) is 16.7 Å². The molecule has 13 heavy (non-hydrogen) atoms. The van der Waals surface area contributed by atoms with Crippen molar-refractivity contribution >= 4 is 0 Å². The maximum absolute atomic E-state index is 10.0. The molecule has 2 atom stereocenters. The molecule has 0 bridgehead atoms. The van der Waals surface area contributed by atoms with Gasteiger partial charge in [-0.3, -0.25) is 0 Å². The van der Waals surface area contributed by atoms with Crippen LogP contribution >= 0.6 is 0 Å². The summed E-state index contributed by atoms with van der Waals surface area (Å²) in [4.78, 5) is 0. The molecule has 2 saturated carbocycles. The maximum atomic E-state index is 10.0. The summed E-state index contributed by atoms with van der Waals surface area (Å²) in [6.45, 7) is 6.90. The fourth-order valence-electron chi connectivity index (χ4n) is 2.80. The van der Waals surface area contributed by atoms with Crippen molar-refractivity contribution in [3.63, 3.8) is 0 Å². The molecule has 1 heteroatoms. The van der Waals surface area contributed by atoms with Gasteiger partial charge >= 0.3 is 0 Å². The monoisotopic (exact) mass is 182 g/mol. The summed E-state index contributed by atoms with van der Waals surface area (Å²) in [5, 5.41) is 10.0. The molecule has 1 N–H and O–H groups in total. The Bertz CT molecular complexity index is 198. The third-order valence-corrected chi connectivity index (χ3v) is 4.32. The second-order valence-electron chi connectivity index (χ2n) is 6.22. The standard InChI is InChI=1S/C12H22O/c1-11(2,3)9-4-5-12(6-7-12)10(13)8-9/h9-10,13H,4-8H2,1-3H3/t9-,10-/m0/s1. The zero-order chi connectivity index (χ0) is 9.69. The lowest BCUT2D eigenvalue weighted by atomic mass is 9.67. The van der Waals surface area contributed by atoms with Gasteiger partial charge in [-0.15, -0.1) is 0 Å². The Kier molecular flexibility index (Phi) is 1.99. The number of hydrogen-bond donors (Lipinski definition) is 1. The highest BCUT2D eigenvalue weighted by Gasteiger charge is 2.52. The lowest BCUT2D eigenvalue weighted by Crippen LogP contribution is -2.36. The van der Waals surface area contributed by atoms with Crippen molar-refractivity contribution < 1.29 is 5.11 Å². The molecule has 2 rings (SSSR count). The van der Waals surface area contributed by atoms with Crippen LogP contribution in [0.15, 0.2) is 0 Å². The van der Waals surface area contributed by atoms with Crippen LogP contribution in [0.25, 0.3) is 0 Å². The summed E-state index contributed by atoms with van der Waals surface area (Å²) < 4.78 is 0. The van der Waals surface area contributed by atoms with Crippen LogP contribution in [0.1, 0.15) is 52.9 Å². The van der Waals surface area contributed by atoms with Gasteiger partial charge in [0, 0.05) is 0 Å². The van der Waals surface area contributed by atoms with Crippen LogP contribution in [0, 0.1) is 16.7 Å². The van der Waals surface area contributed by atoms with E-state index in [1.807, 2.05) is 0 Å². The third-order valence-electron chi connectivity index (χ3n) is 4.32. The third kappa shape index (κ3) is 1.63. The lowest BCUT2D eigenvalue weighted by Gasteiger charge is -2.40. The highest BCUT2D eigenvalue weighted by atomic mass is 16.3. The van der Waals surface area contributed by atoms with Crippen LogP contribution in [-0.4, -0.2) is 11.2 Å². The molecule has 0 aromatic carbocycles. The molecule has 2 aliphatic carbocycles. The summed E-state index contributed by atoms with van der Waals surface area (Å²) in [5.41, 5.74) is 0.777. The summed E-state index contributed by atoms with van der Waals surface area (Å²) in [5.74, 6) is 0.730. The highest BCUT2D eigenvalue weighted by Crippen LogP contribution is 2.58. The van der Waals surface area contributed by atoms with Gasteiger partial charge in [0.2, 0.25) is 0 Å². The van der Waals surface area contributed by atoms with Gasteiger partial charge in [-0.1, -0.05) is 20.8 Å². The summed E-state index contributed by atoms with van der Waals surface area (Å²) in [7, 11) is 0. The summed E-state index contributed by atoms with van der Waals surface area (Å²) in [6, 6.07) is 0. The molecule has 76 valence electrons. The molecule has 2 fully saturated rings. The average molecular weight is 182 g/mol. The second kappa shape index (κ2) is 2.73. The minimum Gasteiger partial charge on any atom is -0.393 e. The first kappa shape index (κ1) is 9.51. The summed E-state index contributed by atoms with van der Waals surface area (Å²) >= 11 is 0. The van der Waals surface area contributed by atoms with Crippen LogP contribution < -0.4 is 0 Å². The first-order valence-corrected chi connectivity index (χ1v) is 5.62. The van der Waals surface area contributed by atoms with E-state index in [9.17, 15) is 5.11 Å². The van der Waals surface area contributed by atoms with Crippen molar-refractivity contribution in [2.45, 2.75) is 59.0 Å². The van der Waals surface area contributed by atoms with Gasteiger partial charge in [-0.2, -0.15) is 0 Å². The fourth-order valence-corrected chi connectivity index (χ4v) is 2.80. The van der Waals surface area contributed by atoms with Crippen molar-refractivity contribution in [3.8, 4) is 0 Å². The van der Waals surface area contributed by atoms with Crippen LogP contribution in [-0.2, 0) is 0 Å². The molecule has 0 aromatic rings. The van der Waals surface area contributed by atoms with Crippen LogP contribution in [0.2, 0.25) is 0 Å². The van der Waals surface area contributed by atoms with Gasteiger partial charge in [-0.25, -0.2) is 0 Å². The van der Waals surface area contributed by atoms with Gasteiger partial charge in [-0.05, 0) is 48.9 Å². The van der Waals surface area contributed by atoms with E-state index in [0.29, 0.717) is 10.8 Å². The molecule has 0 heterocycles. The molecule has 2 aliphatic rings. The van der Waals surface area contributed by atoms with E-state index in [1.165, 1.54) is 25.7 Å². The zero-order valence-electron chi connectivity index (χ0n) is 9.14. The fraction of sp³-hybridized carbons (Fsp3) is 1.00. The van der Waals surface area contributed by atoms with Crippen molar-refractivity contribution in [1.29, 1.82) is 0 Å². The Hall–Kier alpha value is -0.0400. The van der Waals surface area contributed by atoms with Crippen molar-refractivity contribution in [2.75, 3.05) is 0 Å². The van der Waals surface area contributed by atoms with E-state index < -0.39 is 0 Å². The second-order valence-corrected chi connectivity index (χ2v) is 6.22. The number of hydrogen-bond acceptors (Lipinski definition) is 1. The number of aliphatic hydroxyl groups excluding tert-OH is 1. The average Bonchev–Trinajstić information content (AvgIpc) is 2.74. The molecule has 0 unspecified atom stereocenters. The Morgan fingerprint density at radius 2 is 1.77 bits per heavy atom. The Morgan fingerprint density at radius 1 is 1.15 bits per heavy atom. The topological polar surface area (TPSA) is 20.2 Å². The van der Waals surface area contributed by atoms with Gasteiger partial charge in [0.25, 0.3) is 0 Å². The Labute approximate surface area is 81.5 Å². The quantitative estimate of drug-likeness (QED) is 0.610. The van der Waals surface area contributed by atoms with Gasteiger partial charge in [0.15, 0.2) is 0 Å². The molecule has 0 amide bonds. The predicted octanol–water partition coefficient (Wildman–Crippen LogP) is 2.97. The van der Waals surface area contributed by atoms with Crippen LogP contribution in [0.5, 0.6) is 0 Å². The molecule has 1 spiro atoms. The normalized spacial score (nSPS) is 37.8. The van der Waals surface area contributed by atoms with E-state index in [0.717, 1.165) is 12.3 Å². The molecule has 1 nitrogen and oxygen atoms in total. The van der Waals surface area contributed by atoms with Gasteiger partial charge in [0.1, 0.15) is 0 Å². The van der Waals surface area contributed by atoms with Crippen LogP contribution in [0.4, 0.5) is 0 Å². The first-order chi connectivity index (χ1) is 5.94. The van der Waals surface area contributed by atoms with Crippen molar-refractivity contribution in [1.82, 2.24) is 0 Å². The molecule has 0 saturated heterocycles. The SMILES string of the molecule is CC(C)(C)[C@H]1CCC2(CC2)[C@@H](O)C1. The largest absolute Gasteiger partial charge is 0.393 e. The zero-order valence-corrected chi connectivity index (χ0v) is 9.14. The molecule has 0 aliphatic heterocycles. The Balaban J connectivity index is 1.99. The molecular weight excluding hydrogens is 160 g/mol. The van der Waals surface area contributed by atoms with E-state index in [-0.39, 0.29) is 6.10 Å². The molecule has 0 aromatic heterocycles. The maximum Gasteiger partial charge on any atom is 0.0599 e. The Morgan fingerprint density at radius 3 is 2.15 bits per heavy atom. The minimum absolute atomic E-state index is 0.00507. The van der Waals surface area contributed by atoms with E-state index in [4.69, 9.17) is 0 Å². The smallest absolute Gasteiger partial charge is 0.0599 e. The number of aliphatic hydroxyl groups is 1. The lowest BCUT2D eigenvalue weighted by molar-refractivity contribution is 0.000676. The first-order valence-electron chi connectivity index (χ1n) is 5.62. The number of rotatable bonds is 0. The molecule has 0 radical (unpaired) electrons. The van der Waals surface area contributed by atoms with Gasteiger partial charge < -0.3 is 5.11 Å². The van der Waals surface area contributed by atoms with E-state index >= 15 is 0 Å². The van der Waals surface area contributed by atoms with E-state index in [1.54, 1.807) is 0 Å². The minimum atomic E-state index is 0.00507. The highest BCUT2D eigenvalue weighted by molar-refractivity contribution is 5.03. The summed E-state index contributed by atoms with van der Waals surface area (Å²) in [6.07, 6.45) is 6.22. The van der Waals surface area contributed by atoms with Crippen LogP contribution in [0.3, 0.4) is 0 Å². The van der Waals surface area contributed by atoms with Crippen molar-refractivity contribution in [3.05, 3.63) is 0 Å². The molecular formula is C12H22O.